The first-order chi connectivity index (χ1) is 10.8. The van der Waals surface area contributed by atoms with Gasteiger partial charge < -0.3 is 16.0 Å². The lowest BCUT2D eigenvalue weighted by Gasteiger charge is -2.08. The van der Waals surface area contributed by atoms with Gasteiger partial charge in [-0.15, -0.1) is 0 Å². The van der Waals surface area contributed by atoms with Gasteiger partial charge in [0, 0.05) is 32.0 Å². The third kappa shape index (κ3) is 5.35. The molecule has 0 fully saturated rings. The lowest BCUT2D eigenvalue weighted by molar-refractivity contribution is 0.241. The average molecular weight is 303 g/mol. The predicted octanol–water partition coefficient (Wildman–Crippen LogP) is 1.57. The van der Waals surface area contributed by atoms with Gasteiger partial charge in [0.25, 0.3) is 0 Å². The highest BCUT2D eigenvalue weighted by Crippen LogP contribution is 2.05. The highest BCUT2D eigenvalue weighted by atomic mass is 19.1. The lowest BCUT2D eigenvalue weighted by atomic mass is 10.1. The molecule has 0 radical (unpaired) electrons. The fourth-order valence-corrected chi connectivity index (χ4v) is 1.82. The molecule has 0 spiro atoms. The molecule has 2 aromatic rings. The van der Waals surface area contributed by atoms with Crippen molar-refractivity contribution < 1.29 is 9.18 Å². The zero-order valence-corrected chi connectivity index (χ0v) is 12.1. The molecule has 22 heavy (non-hydrogen) atoms. The number of carbonyl (C=O) groups is 1. The first-order valence-corrected chi connectivity index (χ1v) is 7.01. The molecular formula is C15H18FN5O. The molecule has 0 atom stereocenters. The van der Waals surface area contributed by atoms with Crippen molar-refractivity contribution >= 4 is 12.0 Å². The van der Waals surface area contributed by atoms with Crippen LogP contribution in [0.5, 0.6) is 0 Å². The molecule has 0 aliphatic heterocycles. The van der Waals surface area contributed by atoms with Crippen LogP contribution < -0.4 is 16.0 Å². The van der Waals surface area contributed by atoms with Crippen LogP contribution in [0.2, 0.25) is 0 Å². The van der Waals surface area contributed by atoms with Crippen molar-refractivity contribution in [2.45, 2.75) is 6.42 Å². The van der Waals surface area contributed by atoms with Gasteiger partial charge in [-0.1, -0.05) is 18.2 Å². The fourth-order valence-electron chi connectivity index (χ4n) is 1.82. The van der Waals surface area contributed by atoms with Crippen molar-refractivity contribution in [1.29, 1.82) is 0 Å². The van der Waals surface area contributed by atoms with Gasteiger partial charge in [-0.05, 0) is 24.1 Å². The van der Waals surface area contributed by atoms with E-state index in [1.807, 2.05) is 0 Å². The third-order valence-corrected chi connectivity index (χ3v) is 2.90. The minimum absolute atomic E-state index is 0.253. The zero-order chi connectivity index (χ0) is 15.6. The Morgan fingerprint density at radius 2 is 1.73 bits per heavy atom. The molecule has 116 valence electrons. The molecule has 7 heteroatoms. The normalized spacial score (nSPS) is 10.0. The van der Waals surface area contributed by atoms with Crippen molar-refractivity contribution in [2.24, 2.45) is 0 Å². The number of hydrogen-bond donors (Lipinski definition) is 3. The highest BCUT2D eigenvalue weighted by Gasteiger charge is 2.02. The summed E-state index contributed by atoms with van der Waals surface area (Å²) < 4.78 is 13.4. The van der Waals surface area contributed by atoms with Crippen LogP contribution in [-0.2, 0) is 6.42 Å². The van der Waals surface area contributed by atoms with Crippen LogP contribution in [0, 0.1) is 5.82 Å². The van der Waals surface area contributed by atoms with Gasteiger partial charge >= 0.3 is 6.03 Å². The van der Waals surface area contributed by atoms with Crippen LogP contribution in [0.3, 0.4) is 0 Å². The number of nitrogens with one attached hydrogen (secondary N) is 3. The van der Waals surface area contributed by atoms with Gasteiger partial charge in [-0.3, -0.25) is 0 Å². The topological polar surface area (TPSA) is 78.9 Å². The van der Waals surface area contributed by atoms with Gasteiger partial charge in [0.1, 0.15) is 5.82 Å². The van der Waals surface area contributed by atoms with Crippen molar-refractivity contribution in [1.82, 2.24) is 20.6 Å². The van der Waals surface area contributed by atoms with Crippen LogP contribution in [0.15, 0.2) is 42.7 Å². The molecule has 0 saturated heterocycles. The quantitative estimate of drug-likeness (QED) is 0.678. The van der Waals surface area contributed by atoms with E-state index >= 15 is 0 Å². The molecule has 0 unspecified atom stereocenters. The summed E-state index contributed by atoms with van der Waals surface area (Å²) in [6, 6.07) is 7.97. The van der Waals surface area contributed by atoms with Crippen molar-refractivity contribution in [3.05, 3.63) is 54.1 Å². The second kappa shape index (κ2) is 8.56. The summed E-state index contributed by atoms with van der Waals surface area (Å²) in [7, 11) is 0. The number of carbonyl (C=O) groups excluding carboxylic acids is 1. The van der Waals surface area contributed by atoms with Gasteiger partial charge in [0.2, 0.25) is 5.95 Å². The van der Waals surface area contributed by atoms with E-state index in [2.05, 4.69) is 25.9 Å². The maximum absolute atomic E-state index is 13.4. The Morgan fingerprint density at radius 3 is 2.50 bits per heavy atom. The number of aromatic nitrogens is 2. The monoisotopic (exact) mass is 303 g/mol. The summed E-state index contributed by atoms with van der Waals surface area (Å²) >= 11 is 0. The van der Waals surface area contributed by atoms with Crippen LogP contribution in [0.4, 0.5) is 15.1 Å². The number of hydrogen-bond acceptors (Lipinski definition) is 4. The van der Waals surface area contributed by atoms with Crippen molar-refractivity contribution in [3.63, 3.8) is 0 Å². The second-order valence-electron chi connectivity index (χ2n) is 4.52. The zero-order valence-electron chi connectivity index (χ0n) is 12.1. The van der Waals surface area contributed by atoms with E-state index in [0.29, 0.717) is 37.6 Å². The Kier molecular flexibility index (Phi) is 6.10. The number of nitrogens with zero attached hydrogens (tertiary/aromatic N) is 2. The average Bonchev–Trinajstić information content (AvgIpc) is 2.54. The van der Waals surface area contributed by atoms with E-state index in [9.17, 15) is 9.18 Å². The number of benzene rings is 1. The van der Waals surface area contributed by atoms with E-state index < -0.39 is 0 Å². The van der Waals surface area contributed by atoms with E-state index in [-0.39, 0.29) is 11.8 Å². The smallest absolute Gasteiger partial charge is 0.314 e. The number of urea groups is 1. The summed E-state index contributed by atoms with van der Waals surface area (Å²) in [6.45, 7) is 1.33. The SMILES string of the molecule is O=C(NCCNc1ncccn1)NCCc1ccccc1F. The molecule has 6 nitrogen and oxygen atoms in total. The van der Waals surface area contributed by atoms with E-state index in [0.717, 1.165) is 0 Å². The molecule has 3 N–H and O–H groups in total. The molecule has 0 saturated carbocycles. The number of anilines is 1. The van der Waals surface area contributed by atoms with Crippen LogP contribution in [0.25, 0.3) is 0 Å². The Balaban J connectivity index is 1.57. The van der Waals surface area contributed by atoms with Gasteiger partial charge in [-0.2, -0.15) is 0 Å². The third-order valence-electron chi connectivity index (χ3n) is 2.90. The first-order valence-electron chi connectivity index (χ1n) is 7.01. The van der Waals surface area contributed by atoms with Gasteiger partial charge in [-0.25, -0.2) is 19.2 Å². The van der Waals surface area contributed by atoms with E-state index in [1.54, 1.807) is 36.7 Å². The molecule has 1 aromatic carbocycles. The maximum atomic E-state index is 13.4. The Labute approximate surface area is 128 Å². The van der Waals surface area contributed by atoms with Crippen LogP contribution >= 0.6 is 0 Å². The highest BCUT2D eigenvalue weighted by molar-refractivity contribution is 5.73. The molecular weight excluding hydrogens is 285 g/mol. The van der Waals surface area contributed by atoms with Gasteiger partial charge in [0.15, 0.2) is 0 Å². The number of rotatable bonds is 7. The lowest BCUT2D eigenvalue weighted by Crippen LogP contribution is -2.39. The standard InChI is InChI=1S/C15H18FN5O/c16-13-5-2-1-4-12(13)6-9-20-15(22)21-11-10-19-14-17-7-3-8-18-14/h1-5,7-8H,6,9-11H2,(H,17,18,19)(H2,20,21,22). The Morgan fingerprint density at radius 1 is 1.00 bits per heavy atom. The van der Waals surface area contributed by atoms with Crippen LogP contribution in [-0.4, -0.2) is 35.6 Å². The summed E-state index contributed by atoms with van der Waals surface area (Å²) in [5.74, 6) is 0.265. The van der Waals surface area contributed by atoms with Crippen molar-refractivity contribution in [3.8, 4) is 0 Å². The van der Waals surface area contributed by atoms with E-state index in [1.165, 1.54) is 6.07 Å². The second-order valence-corrected chi connectivity index (χ2v) is 4.52. The molecule has 2 amide bonds. The molecule has 1 heterocycles. The summed E-state index contributed by atoms with van der Waals surface area (Å²) in [5.41, 5.74) is 0.589. The minimum Gasteiger partial charge on any atom is -0.352 e. The summed E-state index contributed by atoms with van der Waals surface area (Å²) in [5, 5.41) is 8.35. The Hall–Kier alpha value is -2.70. The Bertz CT molecular complexity index is 593. The largest absolute Gasteiger partial charge is 0.352 e. The fraction of sp³-hybridized carbons (Fsp3) is 0.267. The molecule has 2 rings (SSSR count). The maximum Gasteiger partial charge on any atom is 0.314 e. The summed E-state index contributed by atoms with van der Waals surface area (Å²) in [6.07, 6.45) is 3.73. The predicted molar refractivity (Wildman–Crippen MR) is 82.0 cm³/mol. The molecule has 0 aliphatic rings. The van der Waals surface area contributed by atoms with E-state index in [4.69, 9.17) is 0 Å². The van der Waals surface area contributed by atoms with Crippen molar-refractivity contribution in [2.75, 3.05) is 25.0 Å². The minimum atomic E-state index is -0.285. The summed E-state index contributed by atoms with van der Waals surface area (Å²) in [4.78, 5) is 19.6. The molecule has 0 aliphatic carbocycles. The molecule has 1 aromatic heterocycles. The number of amides is 2. The van der Waals surface area contributed by atoms with Gasteiger partial charge in [0.05, 0.1) is 0 Å². The van der Waals surface area contributed by atoms with Crippen LogP contribution in [0.1, 0.15) is 5.56 Å². The number of halogens is 1. The first kappa shape index (κ1) is 15.7. The molecule has 0 bridgehead atoms.